The third-order valence-corrected chi connectivity index (χ3v) is 5.02. The summed E-state index contributed by atoms with van der Waals surface area (Å²) >= 11 is 0. The molecular weight excluding hydrogens is 352 g/mol. The molecule has 0 aliphatic rings. The van der Waals surface area contributed by atoms with Crippen molar-refractivity contribution in [2.45, 2.75) is 11.8 Å². The smallest absolute Gasteiger partial charge is 0.242 e. The minimum Gasteiger partial charge on any atom is -0.475 e. The number of aromatic nitrogens is 3. The van der Waals surface area contributed by atoms with Crippen LogP contribution in [0.2, 0.25) is 0 Å². The predicted octanol–water partition coefficient (Wildman–Crippen LogP) is 2.20. The van der Waals surface area contributed by atoms with Crippen molar-refractivity contribution in [3.8, 4) is 17.1 Å². The second-order valence-corrected chi connectivity index (χ2v) is 7.32. The van der Waals surface area contributed by atoms with Crippen LogP contribution in [0.1, 0.15) is 5.56 Å². The van der Waals surface area contributed by atoms with Crippen molar-refractivity contribution in [3.05, 3.63) is 66.5 Å². The molecule has 134 valence electrons. The Hall–Kier alpha value is -2.84. The van der Waals surface area contributed by atoms with Gasteiger partial charge in [0.25, 0.3) is 0 Å². The monoisotopic (exact) mass is 370 g/mol. The molecule has 8 heteroatoms. The standard InChI is InChI=1S/C18H18N4O3S/c1-14-4-6-15(7-5-14)17-8-9-18(22-21-17)25-12-11-20-26(23,24)16-3-2-10-19-13-16/h2-10,13,20H,11-12H2,1H3. The maximum absolute atomic E-state index is 12.0. The average molecular weight is 370 g/mol. The molecule has 0 amide bonds. The summed E-state index contributed by atoms with van der Waals surface area (Å²) in [5.74, 6) is 0.335. The first kappa shape index (κ1) is 18.0. The van der Waals surface area contributed by atoms with Crippen LogP contribution < -0.4 is 9.46 Å². The summed E-state index contributed by atoms with van der Waals surface area (Å²) in [6, 6.07) is 14.5. The maximum atomic E-state index is 12.0. The number of hydrogen-bond donors (Lipinski definition) is 1. The number of ether oxygens (including phenoxy) is 1. The summed E-state index contributed by atoms with van der Waals surface area (Å²) in [7, 11) is -3.59. The molecule has 0 saturated carbocycles. The normalized spacial score (nSPS) is 11.3. The van der Waals surface area contributed by atoms with Gasteiger partial charge in [-0.15, -0.1) is 10.2 Å². The number of aryl methyl sites for hydroxylation is 1. The van der Waals surface area contributed by atoms with Gasteiger partial charge in [0.1, 0.15) is 11.5 Å². The van der Waals surface area contributed by atoms with Gasteiger partial charge >= 0.3 is 0 Å². The van der Waals surface area contributed by atoms with Crippen LogP contribution in [-0.2, 0) is 10.0 Å². The molecule has 0 fully saturated rings. The zero-order valence-electron chi connectivity index (χ0n) is 14.2. The Balaban J connectivity index is 1.52. The van der Waals surface area contributed by atoms with Crippen LogP contribution in [-0.4, -0.2) is 36.8 Å². The first-order valence-corrected chi connectivity index (χ1v) is 9.46. The van der Waals surface area contributed by atoms with Gasteiger partial charge < -0.3 is 4.74 Å². The van der Waals surface area contributed by atoms with E-state index < -0.39 is 10.0 Å². The Morgan fingerprint density at radius 3 is 2.50 bits per heavy atom. The Morgan fingerprint density at radius 2 is 1.85 bits per heavy atom. The zero-order chi connectivity index (χ0) is 18.4. The number of benzene rings is 1. The summed E-state index contributed by atoms with van der Waals surface area (Å²) in [6.45, 7) is 2.27. The van der Waals surface area contributed by atoms with Crippen molar-refractivity contribution >= 4 is 10.0 Å². The molecule has 7 nitrogen and oxygen atoms in total. The third-order valence-electron chi connectivity index (χ3n) is 3.58. The molecule has 0 bridgehead atoms. The first-order chi connectivity index (χ1) is 12.5. The molecule has 0 unspecified atom stereocenters. The van der Waals surface area contributed by atoms with Gasteiger partial charge in [-0.1, -0.05) is 29.8 Å². The lowest BCUT2D eigenvalue weighted by atomic mass is 10.1. The van der Waals surface area contributed by atoms with Crippen LogP contribution in [0.3, 0.4) is 0 Å². The Labute approximate surface area is 152 Å². The Bertz CT molecular complexity index is 944. The average Bonchev–Trinajstić information content (AvgIpc) is 2.67. The van der Waals surface area contributed by atoms with E-state index in [1.807, 2.05) is 37.3 Å². The first-order valence-electron chi connectivity index (χ1n) is 7.98. The van der Waals surface area contributed by atoms with Crippen LogP contribution >= 0.6 is 0 Å². The van der Waals surface area contributed by atoms with Crippen molar-refractivity contribution in [1.29, 1.82) is 0 Å². The van der Waals surface area contributed by atoms with Crippen LogP contribution in [0.4, 0.5) is 0 Å². The number of nitrogens with one attached hydrogen (secondary N) is 1. The molecule has 26 heavy (non-hydrogen) atoms. The van der Waals surface area contributed by atoms with E-state index in [1.54, 1.807) is 12.1 Å². The largest absolute Gasteiger partial charge is 0.475 e. The van der Waals surface area contributed by atoms with E-state index in [1.165, 1.54) is 24.0 Å². The van der Waals surface area contributed by atoms with Gasteiger partial charge in [0, 0.05) is 30.6 Å². The van der Waals surface area contributed by atoms with Crippen molar-refractivity contribution < 1.29 is 13.2 Å². The van der Waals surface area contributed by atoms with Gasteiger partial charge in [-0.25, -0.2) is 13.1 Å². The highest BCUT2D eigenvalue weighted by Crippen LogP contribution is 2.18. The number of hydrogen-bond acceptors (Lipinski definition) is 6. The molecule has 0 radical (unpaired) electrons. The van der Waals surface area contributed by atoms with Crippen LogP contribution in [0, 0.1) is 6.92 Å². The SMILES string of the molecule is Cc1ccc(-c2ccc(OCCNS(=O)(=O)c3cccnc3)nn2)cc1. The highest BCUT2D eigenvalue weighted by Gasteiger charge is 2.13. The molecule has 0 saturated heterocycles. The van der Waals surface area contributed by atoms with Crippen molar-refractivity contribution in [2.75, 3.05) is 13.2 Å². The second kappa shape index (κ2) is 8.03. The molecule has 2 aromatic heterocycles. The third kappa shape index (κ3) is 4.62. The van der Waals surface area contributed by atoms with Crippen molar-refractivity contribution in [3.63, 3.8) is 0 Å². The zero-order valence-corrected chi connectivity index (χ0v) is 15.0. The highest BCUT2D eigenvalue weighted by atomic mass is 32.2. The maximum Gasteiger partial charge on any atom is 0.242 e. The van der Waals surface area contributed by atoms with E-state index in [0.29, 0.717) is 5.88 Å². The molecule has 0 spiro atoms. The van der Waals surface area contributed by atoms with Gasteiger partial charge in [0.05, 0.1) is 5.69 Å². The van der Waals surface area contributed by atoms with Crippen LogP contribution in [0.5, 0.6) is 5.88 Å². The molecule has 1 N–H and O–H groups in total. The number of nitrogens with zero attached hydrogens (tertiary/aromatic N) is 3. The number of pyridine rings is 1. The summed E-state index contributed by atoms with van der Waals surface area (Å²) in [6.07, 6.45) is 2.81. The van der Waals surface area contributed by atoms with Gasteiger partial charge in [-0.3, -0.25) is 4.98 Å². The second-order valence-electron chi connectivity index (χ2n) is 5.56. The number of sulfonamides is 1. The minimum atomic E-state index is -3.59. The molecule has 2 heterocycles. The Kier molecular flexibility index (Phi) is 5.55. The van der Waals surface area contributed by atoms with Crippen LogP contribution in [0.25, 0.3) is 11.3 Å². The molecular formula is C18H18N4O3S. The van der Waals surface area contributed by atoms with Gasteiger partial charge in [0.15, 0.2) is 0 Å². The quantitative estimate of drug-likeness (QED) is 0.641. The summed E-state index contributed by atoms with van der Waals surface area (Å²) in [4.78, 5) is 3.91. The molecule has 0 aliphatic carbocycles. The van der Waals surface area contributed by atoms with Crippen molar-refractivity contribution in [2.24, 2.45) is 0 Å². The molecule has 3 aromatic rings. The highest BCUT2D eigenvalue weighted by molar-refractivity contribution is 7.89. The Morgan fingerprint density at radius 1 is 1.04 bits per heavy atom. The summed E-state index contributed by atoms with van der Waals surface area (Å²) in [5, 5.41) is 8.14. The molecule has 1 aromatic carbocycles. The lowest BCUT2D eigenvalue weighted by Crippen LogP contribution is -2.28. The summed E-state index contributed by atoms with van der Waals surface area (Å²) in [5.41, 5.74) is 2.89. The lowest BCUT2D eigenvalue weighted by molar-refractivity contribution is 0.307. The van der Waals surface area contributed by atoms with E-state index in [0.717, 1.165) is 11.3 Å². The summed E-state index contributed by atoms with van der Waals surface area (Å²) < 4.78 is 31.9. The van der Waals surface area contributed by atoms with E-state index >= 15 is 0 Å². The van der Waals surface area contributed by atoms with E-state index in [4.69, 9.17) is 4.74 Å². The van der Waals surface area contributed by atoms with Crippen molar-refractivity contribution in [1.82, 2.24) is 19.9 Å². The van der Waals surface area contributed by atoms with Gasteiger partial charge in [-0.2, -0.15) is 0 Å². The van der Waals surface area contributed by atoms with E-state index in [2.05, 4.69) is 19.9 Å². The van der Waals surface area contributed by atoms with Gasteiger partial charge in [0.2, 0.25) is 15.9 Å². The fourth-order valence-corrected chi connectivity index (χ4v) is 3.17. The molecule has 0 atom stereocenters. The molecule has 0 aliphatic heterocycles. The van der Waals surface area contributed by atoms with E-state index in [9.17, 15) is 8.42 Å². The minimum absolute atomic E-state index is 0.110. The fraction of sp³-hybridized carbons (Fsp3) is 0.167. The molecule has 3 rings (SSSR count). The van der Waals surface area contributed by atoms with Crippen LogP contribution in [0.15, 0.2) is 65.8 Å². The number of rotatable bonds is 7. The predicted molar refractivity (Wildman–Crippen MR) is 97.1 cm³/mol. The lowest BCUT2D eigenvalue weighted by Gasteiger charge is -2.08. The fourth-order valence-electron chi connectivity index (χ4n) is 2.20. The van der Waals surface area contributed by atoms with E-state index in [-0.39, 0.29) is 18.0 Å². The topological polar surface area (TPSA) is 94.1 Å². The van der Waals surface area contributed by atoms with Gasteiger partial charge in [-0.05, 0) is 25.1 Å².